The van der Waals surface area contributed by atoms with Crippen LogP contribution < -0.4 is 11.1 Å². The molecule has 0 heterocycles. The van der Waals surface area contributed by atoms with Crippen molar-refractivity contribution in [1.29, 1.82) is 0 Å². The van der Waals surface area contributed by atoms with Crippen molar-refractivity contribution in [2.24, 2.45) is 0 Å². The van der Waals surface area contributed by atoms with Crippen molar-refractivity contribution in [3.63, 3.8) is 0 Å². The van der Waals surface area contributed by atoms with Gasteiger partial charge in [0.05, 0.1) is 12.1 Å². The number of benzene rings is 1. The van der Waals surface area contributed by atoms with Gasteiger partial charge in [0, 0.05) is 11.4 Å². The highest BCUT2D eigenvalue weighted by molar-refractivity contribution is 5.56. The number of nitrogens with two attached hydrogens (primary N) is 1. The summed E-state index contributed by atoms with van der Waals surface area (Å²) in [6.45, 7) is 0.196. The zero-order chi connectivity index (χ0) is 9.31. The SMILES string of the molecule is Nc1cccc(NC2(CO)CC2)c1. The lowest BCUT2D eigenvalue weighted by molar-refractivity contribution is 0.266. The fourth-order valence-electron chi connectivity index (χ4n) is 1.40. The fourth-order valence-corrected chi connectivity index (χ4v) is 1.40. The highest BCUT2D eigenvalue weighted by Gasteiger charge is 2.41. The molecule has 0 saturated heterocycles. The van der Waals surface area contributed by atoms with Crippen LogP contribution in [0.3, 0.4) is 0 Å². The summed E-state index contributed by atoms with van der Waals surface area (Å²) in [5.74, 6) is 0. The number of aliphatic hydroxyl groups is 1. The van der Waals surface area contributed by atoms with E-state index >= 15 is 0 Å². The van der Waals surface area contributed by atoms with Crippen molar-refractivity contribution in [3.8, 4) is 0 Å². The molecule has 0 radical (unpaired) electrons. The first kappa shape index (κ1) is 8.38. The van der Waals surface area contributed by atoms with Gasteiger partial charge >= 0.3 is 0 Å². The second-order valence-electron chi connectivity index (χ2n) is 3.69. The first-order valence-corrected chi connectivity index (χ1v) is 4.49. The van der Waals surface area contributed by atoms with Crippen LogP contribution in [0.1, 0.15) is 12.8 Å². The molecule has 4 N–H and O–H groups in total. The zero-order valence-electron chi connectivity index (χ0n) is 7.46. The first-order valence-electron chi connectivity index (χ1n) is 4.49. The maximum atomic E-state index is 9.09. The molecule has 3 heteroatoms. The number of nitrogens with one attached hydrogen (secondary N) is 1. The molecule has 1 fully saturated rings. The average Bonchev–Trinajstić information content (AvgIpc) is 2.86. The molecule has 1 saturated carbocycles. The van der Waals surface area contributed by atoms with Crippen molar-refractivity contribution < 1.29 is 5.11 Å². The van der Waals surface area contributed by atoms with Crippen LogP contribution >= 0.6 is 0 Å². The van der Waals surface area contributed by atoms with Crippen molar-refractivity contribution in [3.05, 3.63) is 24.3 Å². The van der Waals surface area contributed by atoms with E-state index in [-0.39, 0.29) is 12.1 Å². The Balaban J connectivity index is 2.09. The van der Waals surface area contributed by atoms with Gasteiger partial charge in [-0.25, -0.2) is 0 Å². The third-order valence-corrected chi connectivity index (χ3v) is 2.45. The minimum absolute atomic E-state index is 0.0617. The molecule has 3 nitrogen and oxygen atoms in total. The maximum Gasteiger partial charge on any atom is 0.0661 e. The van der Waals surface area contributed by atoms with Crippen LogP contribution in [0.15, 0.2) is 24.3 Å². The summed E-state index contributed by atoms with van der Waals surface area (Å²) < 4.78 is 0. The quantitative estimate of drug-likeness (QED) is 0.610. The lowest BCUT2D eigenvalue weighted by Crippen LogP contribution is -2.25. The molecule has 0 spiro atoms. The fraction of sp³-hybridized carbons (Fsp3) is 0.400. The predicted molar refractivity (Wildman–Crippen MR) is 53.5 cm³/mol. The Morgan fingerprint density at radius 2 is 2.23 bits per heavy atom. The van der Waals surface area contributed by atoms with Crippen LogP contribution in [-0.4, -0.2) is 17.3 Å². The van der Waals surface area contributed by atoms with Crippen molar-refractivity contribution in [2.75, 3.05) is 17.7 Å². The lowest BCUT2D eigenvalue weighted by Gasteiger charge is -2.15. The monoisotopic (exact) mass is 178 g/mol. The van der Waals surface area contributed by atoms with Crippen molar-refractivity contribution >= 4 is 11.4 Å². The van der Waals surface area contributed by atoms with Gasteiger partial charge in [0.1, 0.15) is 0 Å². The molecule has 0 aliphatic heterocycles. The molecule has 1 aliphatic rings. The van der Waals surface area contributed by atoms with Gasteiger partial charge in [-0.1, -0.05) is 6.07 Å². The first-order chi connectivity index (χ1) is 6.24. The number of anilines is 2. The minimum atomic E-state index is -0.0617. The predicted octanol–water partition coefficient (Wildman–Crippen LogP) is 1.21. The van der Waals surface area contributed by atoms with Gasteiger partial charge < -0.3 is 16.2 Å². The summed E-state index contributed by atoms with van der Waals surface area (Å²) in [7, 11) is 0. The van der Waals surface area contributed by atoms with Gasteiger partial charge in [-0.05, 0) is 31.0 Å². The van der Waals surface area contributed by atoms with E-state index in [9.17, 15) is 0 Å². The summed E-state index contributed by atoms with van der Waals surface area (Å²) in [6.07, 6.45) is 2.08. The van der Waals surface area contributed by atoms with Gasteiger partial charge in [-0.15, -0.1) is 0 Å². The van der Waals surface area contributed by atoms with Crippen LogP contribution in [0.4, 0.5) is 11.4 Å². The van der Waals surface area contributed by atoms with Gasteiger partial charge in [0.15, 0.2) is 0 Å². The third kappa shape index (κ3) is 1.75. The molecule has 13 heavy (non-hydrogen) atoms. The van der Waals surface area contributed by atoms with Gasteiger partial charge in [-0.2, -0.15) is 0 Å². The number of hydrogen-bond donors (Lipinski definition) is 3. The molecule has 0 bridgehead atoms. The molecule has 0 aromatic heterocycles. The summed E-state index contributed by atoms with van der Waals surface area (Å²) >= 11 is 0. The lowest BCUT2D eigenvalue weighted by atomic mass is 10.2. The van der Waals surface area contributed by atoms with E-state index in [0.717, 1.165) is 24.2 Å². The molecule has 0 unspecified atom stereocenters. The highest BCUT2D eigenvalue weighted by Crippen LogP contribution is 2.38. The molecule has 1 aliphatic carbocycles. The van der Waals surface area contributed by atoms with Gasteiger partial charge in [0.25, 0.3) is 0 Å². The topological polar surface area (TPSA) is 58.3 Å². The van der Waals surface area contributed by atoms with E-state index in [0.29, 0.717) is 0 Å². The Labute approximate surface area is 77.6 Å². The Hall–Kier alpha value is -1.22. The number of rotatable bonds is 3. The Morgan fingerprint density at radius 1 is 1.46 bits per heavy atom. The van der Waals surface area contributed by atoms with E-state index in [1.54, 1.807) is 0 Å². The Morgan fingerprint density at radius 3 is 2.77 bits per heavy atom. The van der Waals surface area contributed by atoms with Crippen molar-refractivity contribution in [1.82, 2.24) is 0 Å². The molecule has 70 valence electrons. The summed E-state index contributed by atoms with van der Waals surface area (Å²) in [4.78, 5) is 0. The summed E-state index contributed by atoms with van der Waals surface area (Å²) in [5, 5.41) is 12.4. The molecule has 0 amide bonds. The Kier molecular flexibility index (Phi) is 1.88. The van der Waals surface area contributed by atoms with E-state index in [4.69, 9.17) is 10.8 Å². The molecule has 1 aromatic carbocycles. The van der Waals surface area contributed by atoms with E-state index < -0.39 is 0 Å². The summed E-state index contributed by atoms with van der Waals surface area (Å²) in [6, 6.07) is 7.61. The molecular weight excluding hydrogens is 164 g/mol. The minimum Gasteiger partial charge on any atom is -0.399 e. The molecule has 2 rings (SSSR count). The van der Waals surface area contributed by atoms with E-state index in [1.165, 1.54) is 0 Å². The van der Waals surface area contributed by atoms with Crippen LogP contribution in [0.5, 0.6) is 0 Å². The molecule has 1 aromatic rings. The van der Waals surface area contributed by atoms with Crippen molar-refractivity contribution in [2.45, 2.75) is 18.4 Å². The summed E-state index contributed by atoms with van der Waals surface area (Å²) in [5.41, 5.74) is 7.32. The van der Waals surface area contributed by atoms with E-state index in [1.807, 2.05) is 24.3 Å². The highest BCUT2D eigenvalue weighted by atomic mass is 16.3. The standard InChI is InChI=1S/C10H14N2O/c11-8-2-1-3-9(6-8)12-10(7-13)4-5-10/h1-3,6,12-13H,4-5,7,11H2. The van der Waals surface area contributed by atoms with Crippen LogP contribution in [0, 0.1) is 0 Å². The third-order valence-electron chi connectivity index (χ3n) is 2.45. The number of hydrogen-bond acceptors (Lipinski definition) is 3. The van der Waals surface area contributed by atoms with Gasteiger partial charge in [-0.3, -0.25) is 0 Å². The number of aliphatic hydroxyl groups excluding tert-OH is 1. The second-order valence-corrected chi connectivity index (χ2v) is 3.69. The van der Waals surface area contributed by atoms with E-state index in [2.05, 4.69) is 5.32 Å². The molecule has 0 atom stereocenters. The normalized spacial score (nSPS) is 18.2. The van der Waals surface area contributed by atoms with Crippen LogP contribution in [-0.2, 0) is 0 Å². The van der Waals surface area contributed by atoms with Gasteiger partial charge in [0.2, 0.25) is 0 Å². The molecular formula is C10H14N2O. The Bertz CT molecular complexity index is 308. The van der Waals surface area contributed by atoms with Crippen LogP contribution in [0.25, 0.3) is 0 Å². The second kappa shape index (κ2) is 2.92. The smallest absolute Gasteiger partial charge is 0.0661 e. The maximum absolute atomic E-state index is 9.09. The van der Waals surface area contributed by atoms with Crippen LogP contribution in [0.2, 0.25) is 0 Å². The number of nitrogen functional groups attached to an aromatic ring is 1. The zero-order valence-corrected chi connectivity index (χ0v) is 7.46. The average molecular weight is 178 g/mol. The largest absolute Gasteiger partial charge is 0.399 e.